The van der Waals surface area contributed by atoms with E-state index in [-0.39, 0.29) is 11.3 Å². The number of furan rings is 1. The fraction of sp³-hybridized carbons (Fsp3) is 0.333. The monoisotopic (exact) mass is 242 g/mol. The van der Waals surface area contributed by atoms with Crippen molar-refractivity contribution in [1.82, 2.24) is 0 Å². The summed E-state index contributed by atoms with van der Waals surface area (Å²) in [6.45, 7) is 4.02. The topological polar surface area (TPSA) is 13.1 Å². The molecule has 2 unspecified atom stereocenters. The van der Waals surface area contributed by atoms with Gasteiger partial charge >= 0.3 is 0 Å². The molecule has 1 heterocycles. The molecule has 1 aromatic heterocycles. The lowest BCUT2D eigenvalue weighted by molar-refractivity contribution is 0.502. The van der Waals surface area contributed by atoms with Crippen molar-refractivity contribution in [2.24, 2.45) is 0 Å². The van der Waals surface area contributed by atoms with Crippen LogP contribution >= 0.6 is 23.2 Å². The van der Waals surface area contributed by atoms with Crippen LogP contribution in [-0.2, 0) is 0 Å². The van der Waals surface area contributed by atoms with Gasteiger partial charge in [0, 0.05) is 21.7 Å². The number of fused-ring (bicyclic) bond motifs is 1. The molecule has 0 aliphatic carbocycles. The molecule has 2 aromatic rings. The second-order valence-electron chi connectivity index (χ2n) is 3.80. The summed E-state index contributed by atoms with van der Waals surface area (Å²) < 4.78 is 5.70. The van der Waals surface area contributed by atoms with E-state index in [4.69, 9.17) is 27.6 Å². The Morgan fingerprint density at radius 3 is 2.60 bits per heavy atom. The predicted molar refractivity (Wildman–Crippen MR) is 65.0 cm³/mol. The Morgan fingerprint density at radius 2 is 1.93 bits per heavy atom. The van der Waals surface area contributed by atoms with Crippen molar-refractivity contribution in [1.29, 1.82) is 0 Å². The van der Waals surface area contributed by atoms with Gasteiger partial charge in [0.25, 0.3) is 0 Å². The van der Waals surface area contributed by atoms with Gasteiger partial charge in [-0.05, 0) is 31.2 Å². The molecule has 0 fully saturated rings. The molecular formula is C12H12Cl2O. The van der Waals surface area contributed by atoms with Crippen LogP contribution in [0.1, 0.15) is 25.5 Å². The number of halogens is 2. The largest absolute Gasteiger partial charge is 0.461 e. The molecule has 0 aliphatic heterocycles. The van der Waals surface area contributed by atoms with Gasteiger partial charge in [-0.1, -0.05) is 18.5 Å². The van der Waals surface area contributed by atoms with Crippen molar-refractivity contribution >= 4 is 34.2 Å². The number of benzene rings is 1. The molecule has 80 valence electrons. The van der Waals surface area contributed by atoms with Gasteiger partial charge in [0.15, 0.2) is 0 Å². The number of rotatable bonds is 2. The minimum Gasteiger partial charge on any atom is -0.461 e. The normalized spacial score (nSPS) is 15.5. The third kappa shape index (κ3) is 2.14. The highest BCUT2D eigenvalue weighted by Gasteiger charge is 2.16. The molecule has 0 N–H and O–H groups in total. The van der Waals surface area contributed by atoms with Crippen molar-refractivity contribution in [3.8, 4) is 0 Å². The molecule has 0 amide bonds. The van der Waals surface area contributed by atoms with Crippen LogP contribution in [0.2, 0.25) is 5.02 Å². The van der Waals surface area contributed by atoms with E-state index in [1.54, 1.807) is 0 Å². The summed E-state index contributed by atoms with van der Waals surface area (Å²) in [6.07, 6.45) is 0. The van der Waals surface area contributed by atoms with Gasteiger partial charge in [-0.25, -0.2) is 0 Å². The summed E-state index contributed by atoms with van der Waals surface area (Å²) in [5.74, 6) is 1.12. The first-order valence-corrected chi connectivity index (χ1v) is 5.72. The molecule has 2 atom stereocenters. The molecule has 1 aromatic carbocycles. The third-order valence-electron chi connectivity index (χ3n) is 2.64. The van der Waals surface area contributed by atoms with Crippen molar-refractivity contribution < 1.29 is 4.42 Å². The van der Waals surface area contributed by atoms with Crippen LogP contribution in [0.4, 0.5) is 0 Å². The first-order valence-electron chi connectivity index (χ1n) is 4.91. The van der Waals surface area contributed by atoms with E-state index in [0.29, 0.717) is 0 Å². The Labute approximate surface area is 99.0 Å². The summed E-state index contributed by atoms with van der Waals surface area (Å²) >= 11 is 11.9. The van der Waals surface area contributed by atoms with Gasteiger partial charge in [-0.15, -0.1) is 11.6 Å². The lowest BCUT2D eigenvalue weighted by Crippen LogP contribution is -2.03. The van der Waals surface area contributed by atoms with Crippen molar-refractivity contribution in [2.45, 2.75) is 25.1 Å². The smallest absolute Gasteiger partial charge is 0.134 e. The maximum atomic E-state index is 6.04. The summed E-state index contributed by atoms with van der Waals surface area (Å²) in [7, 11) is 0. The average molecular weight is 243 g/mol. The minimum atomic E-state index is 0.0565. The van der Waals surface area contributed by atoms with Gasteiger partial charge in [0.2, 0.25) is 0 Å². The van der Waals surface area contributed by atoms with E-state index >= 15 is 0 Å². The Hall–Kier alpha value is -0.660. The van der Waals surface area contributed by atoms with Gasteiger partial charge in [0.1, 0.15) is 11.3 Å². The molecule has 0 saturated carbocycles. The SMILES string of the molecule is CC(Cl)C(C)c1cc2cc(Cl)ccc2o1. The third-order valence-corrected chi connectivity index (χ3v) is 3.25. The van der Waals surface area contributed by atoms with Crippen molar-refractivity contribution in [3.63, 3.8) is 0 Å². The highest BCUT2D eigenvalue weighted by atomic mass is 35.5. The second-order valence-corrected chi connectivity index (χ2v) is 4.92. The molecule has 0 spiro atoms. The van der Waals surface area contributed by atoms with Crippen LogP contribution < -0.4 is 0 Å². The van der Waals surface area contributed by atoms with E-state index in [1.807, 2.05) is 31.2 Å². The fourth-order valence-corrected chi connectivity index (χ4v) is 1.79. The Balaban J connectivity index is 2.47. The first-order chi connectivity index (χ1) is 7.08. The molecule has 0 radical (unpaired) electrons. The van der Waals surface area contributed by atoms with Gasteiger partial charge < -0.3 is 4.42 Å². The quantitative estimate of drug-likeness (QED) is 0.689. The van der Waals surface area contributed by atoms with Crippen LogP contribution in [0.15, 0.2) is 28.7 Å². The summed E-state index contributed by atoms with van der Waals surface area (Å²) in [5, 5.41) is 1.81. The summed E-state index contributed by atoms with van der Waals surface area (Å²) in [4.78, 5) is 0. The van der Waals surface area contributed by atoms with E-state index in [9.17, 15) is 0 Å². The Morgan fingerprint density at radius 1 is 1.20 bits per heavy atom. The zero-order valence-corrected chi connectivity index (χ0v) is 10.1. The van der Waals surface area contributed by atoms with Gasteiger partial charge in [-0.3, -0.25) is 0 Å². The highest BCUT2D eigenvalue weighted by Crippen LogP contribution is 2.30. The van der Waals surface area contributed by atoms with Crippen LogP contribution in [0.25, 0.3) is 11.0 Å². The first kappa shape index (κ1) is 10.8. The lowest BCUT2D eigenvalue weighted by atomic mass is 10.1. The highest BCUT2D eigenvalue weighted by molar-refractivity contribution is 6.31. The minimum absolute atomic E-state index is 0.0565. The Bertz CT molecular complexity index is 473. The summed E-state index contributed by atoms with van der Waals surface area (Å²) in [5.41, 5.74) is 0.860. The van der Waals surface area contributed by atoms with E-state index in [2.05, 4.69) is 6.92 Å². The predicted octanol–water partition coefficient (Wildman–Crippen LogP) is 4.82. The molecule has 3 heteroatoms. The Kier molecular flexibility index (Phi) is 2.94. The fourth-order valence-electron chi connectivity index (χ4n) is 1.49. The van der Waals surface area contributed by atoms with E-state index in [0.717, 1.165) is 21.8 Å². The van der Waals surface area contributed by atoms with Crippen molar-refractivity contribution in [3.05, 3.63) is 35.0 Å². The summed E-state index contributed by atoms with van der Waals surface area (Å²) in [6, 6.07) is 7.61. The van der Waals surface area contributed by atoms with Gasteiger partial charge in [0.05, 0.1) is 0 Å². The average Bonchev–Trinajstić information content (AvgIpc) is 2.58. The van der Waals surface area contributed by atoms with Crippen molar-refractivity contribution in [2.75, 3.05) is 0 Å². The maximum Gasteiger partial charge on any atom is 0.134 e. The van der Waals surface area contributed by atoms with E-state index in [1.165, 1.54) is 0 Å². The van der Waals surface area contributed by atoms with Crippen LogP contribution in [0, 0.1) is 0 Å². The molecular weight excluding hydrogens is 231 g/mol. The molecule has 1 nitrogen and oxygen atoms in total. The number of hydrogen-bond donors (Lipinski definition) is 0. The van der Waals surface area contributed by atoms with Crippen LogP contribution in [-0.4, -0.2) is 5.38 Å². The number of alkyl halides is 1. The zero-order chi connectivity index (χ0) is 11.0. The standard InChI is InChI=1S/C12H12Cl2O/c1-7(8(2)13)12-6-9-5-10(14)3-4-11(9)15-12/h3-8H,1-2H3. The molecule has 0 aliphatic rings. The maximum absolute atomic E-state index is 6.04. The molecule has 0 bridgehead atoms. The number of hydrogen-bond acceptors (Lipinski definition) is 1. The lowest BCUT2D eigenvalue weighted by Gasteiger charge is -2.09. The molecule has 15 heavy (non-hydrogen) atoms. The molecule has 0 saturated heterocycles. The van der Waals surface area contributed by atoms with Crippen LogP contribution in [0.3, 0.4) is 0 Å². The zero-order valence-electron chi connectivity index (χ0n) is 8.63. The van der Waals surface area contributed by atoms with Crippen LogP contribution in [0.5, 0.6) is 0 Å². The second kappa shape index (κ2) is 4.07. The molecule has 2 rings (SSSR count). The van der Waals surface area contributed by atoms with E-state index < -0.39 is 0 Å². The van der Waals surface area contributed by atoms with Gasteiger partial charge in [-0.2, -0.15) is 0 Å².